The molecule has 1 fully saturated rings. The highest BCUT2D eigenvalue weighted by Crippen LogP contribution is 2.37. The van der Waals surface area contributed by atoms with Crippen LogP contribution in [-0.2, 0) is 28.5 Å². The van der Waals surface area contributed by atoms with E-state index < -0.39 is 42.0 Å². The predicted molar refractivity (Wildman–Crippen MR) is 151 cm³/mol. The maximum Gasteiger partial charge on any atom is 0.309 e. The summed E-state index contributed by atoms with van der Waals surface area (Å²) in [7, 11) is 1.69. The van der Waals surface area contributed by atoms with Gasteiger partial charge in [-0.05, 0) is 44.8 Å². The van der Waals surface area contributed by atoms with Gasteiger partial charge in [0.15, 0.2) is 0 Å². The van der Waals surface area contributed by atoms with E-state index in [0.717, 1.165) is 12.0 Å². The number of esters is 2. The van der Waals surface area contributed by atoms with Crippen molar-refractivity contribution >= 4 is 11.9 Å². The molecule has 9 nitrogen and oxygen atoms in total. The number of hydrogen-bond donors (Lipinski definition) is 3. The minimum Gasteiger partial charge on any atom is -0.457 e. The van der Waals surface area contributed by atoms with E-state index in [0.29, 0.717) is 0 Å². The summed E-state index contributed by atoms with van der Waals surface area (Å²) < 4.78 is 22.5. The fourth-order valence-electron chi connectivity index (χ4n) is 5.32. The van der Waals surface area contributed by atoms with Crippen LogP contribution in [0.1, 0.15) is 74.1 Å². The van der Waals surface area contributed by atoms with Crippen LogP contribution in [-0.4, -0.2) is 82.7 Å². The number of carbonyl (C=O) groups excluding carboxylic acids is 2. The van der Waals surface area contributed by atoms with Gasteiger partial charge in [0.05, 0.1) is 30.8 Å². The van der Waals surface area contributed by atoms with E-state index in [2.05, 4.69) is 13.8 Å². The van der Waals surface area contributed by atoms with Gasteiger partial charge in [-0.25, -0.2) is 0 Å². The van der Waals surface area contributed by atoms with Crippen molar-refractivity contribution in [2.75, 3.05) is 7.11 Å². The molecule has 228 valence electrons. The first-order valence-corrected chi connectivity index (χ1v) is 14.4. The monoisotopic (exact) mass is 566 g/mol. The highest BCUT2D eigenvalue weighted by molar-refractivity contribution is 5.70. The predicted octanol–water partition coefficient (Wildman–Crippen LogP) is 3.65. The molecule has 2 aliphatic heterocycles. The first-order chi connectivity index (χ1) is 18.7. The standard InChI is InChI=1S/C31H50O9/c1-9-24(37-8)21(5)29-30(40-29)27(35)18(2)11-10-12-19(3)28-20(4)13-14-25(38-22(6)32)31(7,36)16-15-23(33)17-26(34)39-28/h10-14,18,20-21,23-25,27-30,33,35-36H,9,15-17H2,1-8H3. The lowest BCUT2D eigenvalue weighted by molar-refractivity contribution is -0.157. The number of carbonyl (C=O) groups is 2. The lowest BCUT2D eigenvalue weighted by atomic mass is 9.88. The minimum absolute atomic E-state index is 0.0387. The van der Waals surface area contributed by atoms with E-state index >= 15 is 0 Å². The molecule has 1 saturated heterocycles. The van der Waals surface area contributed by atoms with Crippen molar-refractivity contribution in [1.82, 2.24) is 0 Å². The smallest absolute Gasteiger partial charge is 0.309 e. The maximum absolute atomic E-state index is 12.6. The first-order valence-electron chi connectivity index (χ1n) is 14.4. The van der Waals surface area contributed by atoms with Crippen molar-refractivity contribution < 1.29 is 43.9 Å². The normalized spacial score (nSPS) is 35.2. The summed E-state index contributed by atoms with van der Waals surface area (Å²) in [5.41, 5.74) is -0.666. The Balaban J connectivity index is 2.16. The maximum atomic E-state index is 12.6. The number of cyclic esters (lactones) is 1. The Morgan fingerprint density at radius 3 is 2.52 bits per heavy atom. The molecular formula is C31H50O9. The van der Waals surface area contributed by atoms with Crippen molar-refractivity contribution in [3.63, 3.8) is 0 Å². The topological polar surface area (TPSA) is 135 Å². The third-order valence-electron chi connectivity index (χ3n) is 8.09. The Labute approximate surface area is 239 Å². The summed E-state index contributed by atoms with van der Waals surface area (Å²) in [5.74, 6) is -1.39. The summed E-state index contributed by atoms with van der Waals surface area (Å²) in [6.45, 7) is 12.6. The lowest BCUT2D eigenvalue weighted by Crippen LogP contribution is -2.42. The molecular weight excluding hydrogens is 516 g/mol. The summed E-state index contributed by atoms with van der Waals surface area (Å²) in [4.78, 5) is 24.3. The van der Waals surface area contributed by atoms with E-state index in [-0.39, 0.29) is 55.3 Å². The van der Waals surface area contributed by atoms with E-state index in [1.807, 2.05) is 39.0 Å². The van der Waals surface area contributed by atoms with Gasteiger partial charge in [0, 0.05) is 31.8 Å². The molecule has 0 amide bonds. The zero-order chi connectivity index (χ0) is 30.2. The Hall–Kier alpha value is -2.04. The molecule has 3 N–H and O–H groups in total. The van der Waals surface area contributed by atoms with Gasteiger partial charge < -0.3 is 34.3 Å². The first kappa shape index (κ1) is 34.2. The van der Waals surface area contributed by atoms with Gasteiger partial charge in [0.1, 0.15) is 23.9 Å². The molecule has 11 unspecified atom stereocenters. The van der Waals surface area contributed by atoms with Crippen LogP contribution in [0.2, 0.25) is 0 Å². The quantitative estimate of drug-likeness (QED) is 0.157. The molecule has 0 spiro atoms. The fourth-order valence-corrected chi connectivity index (χ4v) is 5.32. The summed E-state index contributed by atoms with van der Waals surface area (Å²) in [5, 5.41) is 32.2. The average Bonchev–Trinajstić information content (AvgIpc) is 3.68. The van der Waals surface area contributed by atoms with Crippen molar-refractivity contribution in [1.29, 1.82) is 0 Å². The van der Waals surface area contributed by atoms with Crippen LogP contribution >= 0.6 is 0 Å². The number of methoxy groups -OCH3 is 1. The van der Waals surface area contributed by atoms with Crippen molar-refractivity contribution in [2.45, 2.75) is 122 Å². The molecule has 2 rings (SSSR count). The third kappa shape index (κ3) is 9.80. The average molecular weight is 567 g/mol. The molecule has 0 aromatic heterocycles. The highest BCUT2D eigenvalue weighted by atomic mass is 16.6. The second-order valence-corrected chi connectivity index (χ2v) is 11.7. The molecule has 0 aromatic carbocycles. The molecule has 2 aliphatic rings. The van der Waals surface area contributed by atoms with Crippen LogP contribution in [0.5, 0.6) is 0 Å². The Kier molecular flexibility index (Phi) is 13.0. The number of aliphatic hydroxyl groups excluding tert-OH is 2. The zero-order valence-corrected chi connectivity index (χ0v) is 25.3. The number of allylic oxidation sites excluding steroid dienone is 2. The Bertz CT molecular complexity index is 920. The van der Waals surface area contributed by atoms with Crippen LogP contribution in [0.25, 0.3) is 0 Å². The fraction of sp³-hybridized carbons (Fsp3) is 0.742. The molecule has 0 radical (unpaired) electrons. The van der Waals surface area contributed by atoms with Crippen LogP contribution in [0, 0.1) is 17.8 Å². The lowest BCUT2D eigenvalue weighted by Gasteiger charge is -2.32. The SMILES string of the molecule is CCC(OC)C(C)C1OC1C(O)C(C)C=CC=C(C)C1OC(=O)CC(O)CCC(C)(O)C(OC(C)=O)C=CC1C. The number of ether oxygens (including phenoxy) is 4. The van der Waals surface area contributed by atoms with Gasteiger partial charge in [-0.3, -0.25) is 9.59 Å². The van der Waals surface area contributed by atoms with Gasteiger partial charge in [-0.1, -0.05) is 52.0 Å². The Morgan fingerprint density at radius 2 is 1.93 bits per heavy atom. The Morgan fingerprint density at radius 1 is 1.25 bits per heavy atom. The molecule has 9 heteroatoms. The summed E-state index contributed by atoms with van der Waals surface area (Å²) >= 11 is 0. The largest absolute Gasteiger partial charge is 0.457 e. The second-order valence-electron chi connectivity index (χ2n) is 11.7. The van der Waals surface area contributed by atoms with Gasteiger partial charge in [-0.15, -0.1) is 0 Å². The number of epoxide rings is 1. The molecule has 11 atom stereocenters. The molecule has 0 saturated carbocycles. The number of aliphatic hydroxyl groups is 3. The number of hydrogen-bond acceptors (Lipinski definition) is 9. The molecule has 0 aromatic rings. The van der Waals surface area contributed by atoms with Crippen LogP contribution in [0.15, 0.2) is 36.0 Å². The van der Waals surface area contributed by atoms with Gasteiger partial charge in [0.25, 0.3) is 0 Å². The van der Waals surface area contributed by atoms with Crippen molar-refractivity contribution in [3.8, 4) is 0 Å². The van der Waals surface area contributed by atoms with Gasteiger partial charge in [0.2, 0.25) is 0 Å². The molecule has 0 aliphatic carbocycles. The van der Waals surface area contributed by atoms with Crippen molar-refractivity contribution in [3.05, 3.63) is 36.0 Å². The zero-order valence-electron chi connectivity index (χ0n) is 25.3. The molecule has 2 heterocycles. The summed E-state index contributed by atoms with van der Waals surface area (Å²) in [6.07, 6.45) is 6.42. The van der Waals surface area contributed by atoms with Crippen LogP contribution < -0.4 is 0 Å². The van der Waals surface area contributed by atoms with Crippen LogP contribution in [0.4, 0.5) is 0 Å². The molecule has 40 heavy (non-hydrogen) atoms. The van der Waals surface area contributed by atoms with Crippen LogP contribution in [0.3, 0.4) is 0 Å². The highest BCUT2D eigenvalue weighted by Gasteiger charge is 2.50. The van der Waals surface area contributed by atoms with E-state index in [1.54, 1.807) is 26.2 Å². The van der Waals surface area contributed by atoms with Gasteiger partial charge >= 0.3 is 11.9 Å². The van der Waals surface area contributed by atoms with E-state index in [4.69, 9.17) is 18.9 Å². The molecule has 0 bridgehead atoms. The summed E-state index contributed by atoms with van der Waals surface area (Å²) in [6, 6.07) is 0. The minimum atomic E-state index is -1.42. The van der Waals surface area contributed by atoms with Gasteiger partial charge in [-0.2, -0.15) is 0 Å². The van der Waals surface area contributed by atoms with Crippen molar-refractivity contribution in [2.24, 2.45) is 17.8 Å². The second kappa shape index (κ2) is 15.3. The van der Waals surface area contributed by atoms with E-state index in [1.165, 1.54) is 6.92 Å². The number of rotatable bonds is 10. The van der Waals surface area contributed by atoms with E-state index in [9.17, 15) is 24.9 Å². The third-order valence-corrected chi connectivity index (χ3v) is 8.09.